The summed E-state index contributed by atoms with van der Waals surface area (Å²) in [5.41, 5.74) is 5.12. The van der Waals surface area contributed by atoms with Crippen molar-refractivity contribution in [3.8, 4) is 0 Å². The van der Waals surface area contributed by atoms with Crippen LogP contribution in [-0.4, -0.2) is 13.0 Å². The van der Waals surface area contributed by atoms with Gasteiger partial charge in [-0.25, -0.2) is 13.2 Å². The lowest BCUT2D eigenvalue weighted by atomic mass is 9.99. The Labute approximate surface area is 88.2 Å². The number of benzene rings is 1. The summed E-state index contributed by atoms with van der Waals surface area (Å²) >= 11 is 2.93. The predicted molar refractivity (Wildman–Crippen MR) is 51.9 cm³/mol. The fourth-order valence-electron chi connectivity index (χ4n) is 1.17. The average molecular weight is 268 g/mol. The summed E-state index contributed by atoms with van der Waals surface area (Å²) in [6.45, 7) is -0.273. The van der Waals surface area contributed by atoms with Gasteiger partial charge in [0.1, 0.15) is 5.82 Å². The van der Waals surface area contributed by atoms with Crippen molar-refractivity contribution in [3.63, 3.8) is 0 Å². The smallest absolute Gasteiger partial charge is 0.246 e. The van der Waals surface area contributed by atoms with Gasteiger partial charge in [-0.1, -0.05) is 12.1 Å². The molecule has 0 aliphatic rings. The maximum atomic E-state index is 13.4. The SMILES string of the molecule is NCC(c1cccc(Br)c1F)C(F)F. The van der Waals surface area contributed by atoms with E-state index in [1.54, 1.807) is 0 Å². The van der Waals surface area contributed by atoms with Crippen molar-refractivity contribution in [2.24, 2.45) is 5.73 Å². The molecule has 0 bridgehead atoms. The summed E-state index contributed by atoms with van der Waals surface area (Å²) < 4.78 is 38.4. The van der Waals surface area contributed by atoms with Crippen molar-refractivity contribution in [3.05, 3.63) is 34.1 Å². The van der Waals surface area contributed by atoms with Crippen LogP contribution in [0.4, 0.5) is 13.2 Å². The Morgan fingerprint density at radius 3 is 2.50 bits per heavy atom. The molecule has 5 heteroatoms. The molecular formula is C9H9BrF3N. The van der Waals surface area contributed by atoms with Gasteiger partial charge < -0.3 is 5.73 Å². The summed E-state index contributed by atoms with van der Waals surface area (Å²) in [6.07, 6.45) is -2.65. The van der Waals surface area contributed by atoms with Crippen LogP contribution < -0.4 is 5.73 Å². The molecule has 0 heterocycles. The van der Waals surface area contributed by atoms with Crippen LogP contribution in [-0.2, 0) is 0 Å². The molecule has 0 fully saturated rings. The van der Waals surface area contributed by atoms with E-state index < -0.39 is 18.2 Å². The normalized spacial score (nSPS) is 13.3. The molecule has 0 aromatic heterocycles. The van der Waals surface area contributed by atoms with Gasteiger partial charge in [-0.3, -0.25) is 0 Å². The minimum Gasteiger partial charge on any atom is -0.330 e. The van der Waals surface area contributed by atoms with Crippen LogP contribution in [0.2, 0.25) is 0 Å². The summed E-state index contributed by atoms with van der Waals surface area (Å²) in [4.78, 5) is 0. The minimum atomic E-state index is -2.65. The van der Waals surface area contributed by atoms with Gasteiger partial charge in [-0.05, 0) is 27.6 Å². The van der Waals surface area contributed by atoms with Crippen molar-refractivity contribution >= 4 is 15.9 Å². The number of hydrogen-bond acceptors (Lipinski definition) is 1. The van der Waals surface area contributed by atoms with Crippen LogP contribution in [0.5, 0.6) is 0 Å². The van der Waals surface area contributed by atoms with Gasteiger partial charge in [-0.15, -0.1) is 0 Å². The minimum absolute atomic E-state index is 0.0446. The molecule has 1 aromatic rings. The Balaban J connectivity index is 3.10. The maximum absolute atomic E-state index is 13.4. The summed E-state index contributed by atoms with van der Waals surface area (Å²) in [7, 11) is 0. The Kier molecular flexibility index (Phi) is 3.95. The van der Waals surface area contributed by atoms with Crippen molar-refractivity contribution in [1.29, 1.82) is 0 Å². The van der Waals surface area contributed by atoms with E-state index in [1.165, 1.54) is 18.2 Å². The molecule has 1 unspecified atom stereocenters. The topological polar surface area (TPSA) is 26.0 Å². The molecule has 0 aliphatic heterocycles. The zero-order valence-electron chi connectivity index (χ0n) is 7.18. The van der Waals surface area contributed by atoms with Gasteiger partial charge in [0.25, 0.3) is 0 Å². The van der Waals surface area contributed by atoms with Crippen LogP contribution in [0, 0.1) is 5.82 Å². The first-order valence-electron chi connectivity index (χ1n) is 4.00. The molecular weight excluding hydrogens is 259 g/mol. The van der Waals surface area contributed by atoms with Gasteiger partial charge in [-0.2, -0.15) is 0 Å². The van der Waals surface area contributed by atoms with Crippen molar-refractivity contribution in [1.82, 2.24) is 0 Å². The Morgan fingerprint density at radius 1 is 1.36 bits per heavy atom. The molecule has 14 heavy (non-hydrogen) atoms. The highest BCUT2D eigenvalue weighted by Gasteiger charge is 2.24. The standard InChI is InChI=1S/C9H9BrF3N/c10-7-3-1-2-5(8(7)11)6(4-14)9(12)13/h1-3,6,9H,4,14H2. The highest BCUT2D eigenvalue weighted by Crippen LogP contribution is 2.28. The number of nitrogens with two attached hydrogens (primary N) is 1. The fraction of sp³-hybridized carbons (Fsp3) is 0.333. The monoisotopic (exact) mass is 267 g/mol. The van der Waals surface area contributed by atoms with E-state index in [1.807, 2.05) is 0 Å². The second-order valence-corrected chi connectivity index (χ2v) is 3.67. The van der Waals surface area contributed by atoms with Crippen LogP contribution in [0.3, 0.4) is 0 Å². The largest absolute Gasteiger partial charge is 0.330 e. The van der Waals surface area contributed by atoms with Gasteiger partial charge in [0.15, 0.2) is 0 Å². The van der Waals surface area contributed by atoms with Crippen molar-refractivity contribution < 1.29 is 13.2 Å². The highest BCUT2D eigenvalue weighted by molar-refractivity contribution is 9.10. The number of halogens is 4. The van der Waals surface area contributed by atoms with E-state index in [-0.39, 0.29) is 16.6 Å². The van der Waals surface area contributed by atoms with Crippen LogP contribution >= 0.6 is 15.9 Å². The third kappa shape index (κ3) is 2.27. The molecule has 1 aromatic carbocycles. The second-order valence-electron chi connectivity index (χ2n) is 2.82. The molecule has 0 saturated carbocycles. The third-order valence-corrected chi connectivity index (χ3v) is 2.55. The quantitative estimate of drug-likeness (QED) is 0.896. The average Bonchev–Trinajstić information content (AvgIpc) is 2.13. The summed E-state index contributed by atoms with van der Waals surface area (Å²) in [6, 6.07) is 4.29. The molecule has 1 atom stereocenters. The van der Waals surface area contributed by atoms with Crippen LogP contribution in [0.15, 0.2) is 22.7 Å². The van der Waals surface area contributed by atoms with Gasteiger partial charge in [0.05, 0.1) is 10.4 Å². The molecule has 0 amide bonds. The molecule has 2 N–H and O–H groups in total. The molecule has 78 valence electrons. The lowest BCUT2D eigenvalue weighted by Gasteiger charge is -2.15. The van der Waals surface area contributed by atoms with Crippen molar-refractivity contribution in [2.75, 3.05) is 6.54 Å². The first kappa shape index (κ1) is 11.5. The molecule has 0 spiro atoms. The summed E-state index contributed by atoms with van der Waals surface area (Å²) in [5.74, 6) is -1.91. The van der Waals surface area contributed by atoms with Crippen LogP contribution in [0.1, 0.15) is 11.5 Å². The van der Waals surface area contributed by atoms with E-state index in [0.717, 1.165) is 0 Å². The second kappa shape index (κ2) is 4.79. The number of hydrogen-bond donors (Lipinski definition) is 1. The lowest BCUT2D eigenvalue weighted by molar-refractivity contribution is 0.115. The fourth-order valence-corrected chi connectivity index (χ4v) is 1.55. The molecule has 0 saturated heterocycles. The first-order chi connectivity index (χ1) is 6.57. The van der Waals surface area contributed by atoms with Gasteiger partial charge in [0, 0.05) is 6.54 Å². The molecule has 0 radical (unpaired) electrons. The lowest BCUT2D eigenvalue weighted by Crippen LogP contribution is -2.20. The predicted octanol–water partition coefficient (Wildman–Crippen LogP) is 2.90. The molecule has 1 nitrogen and oxygen atoms in total. The number of rotatable bonds is 3. The van der Waals surface area contributed by atoms with Gasteiger partial charge >= 0.3 is 0 Å². The Bertz CT molecular complexity index is 317. The van der Waals surface area contributed by atoms with E-state index in [9.17, 15) is 13.2 Å². The summed E-state index contributed by atoms with van der Waals surface area (Å²) in [5, 5.41) is 0. The maximum Gasteiger partial charge on any atom is 0.246 e. The Morgan fingerprint density at radius 2 is 2.00 bits per heavy atom. The van der Waals surface area contributed by atoms with Gasteiger partial charge in [0.2, 0.25) is 6.43 Å². The Hall–Kier alpha value is -0.550. The molecule has 0 aliphatic carbocycles. The van der Waals surface area contributed by atoms with E-state index >= 15 is 0 Å². The number of alkyl halides is 2. The zero-order chi connectivity index (χ0) is 10.7. The van der Waals surface area contributed by atoms with Crippen molar-refractivity contribution in [2.45, 2.75) is 12.3 Å². The zero-order valence-corrected chi connectivity index (χ0v) is 8.77. The van der Waals surface area contributed by atoms with E-state index in [4.69, 9.17) is 5.73 Å². The first-order valence-corrected chi connectivity index (χ1v) is 4.79. The third-order valence-electron chi connectivity index (χ3n) is 1.94. The molecule has 1 rings (SSSR count). The van der Waals surface area contributed by atoms with E-state index in [0.29, 0.717) is 0 Å². The van der Waals surface area contributed by atoms with E-state index in [2.05, 4.69) is 15.9 Å². The van der Waals surface area contributed by atoms with Crippen LogP contribution in [0.25, 0.3) is 0 Å². The highest BCUT2D eigenvalue weighted by atomic mass is 79.9.